The molecule has 0 saturated carbocycles. The molecule has 1 unspecified atom stereocenters. The molecule has 5 rings (SSSR count). The van der Waals surface area contributed by atoms with E-state index in [2.05, 4.69) is 48.5 Å². The zero-order valence-corrected chi connectivity index (χ0v) is 21.0. The highest BCUT2D eigenvalue weighted by Gasteiger charge is 2.37. The van der Waals surface area contributed by atoms with Crippen molar-refractivity contribution in [3.05, 3.63) is 71.8 Å². The number of thioether (sulfide) groups is 1. The summed E-state index contributed by atoms with van der Waals surface area (Å²) in [6.45, 7) is 1.69. The lowest BCUT2D eigenvalue weighted by molar-refractivity contribution is 0.174. The van der Waals surface area contributed by atoms with E-state index in [1.807, 2.05) is 23.9 Å². The Morgan fingerprint density at radius 1 is 0.857 bits per heavy atom. The topological polar surface area (TPSA) is 55.4 Å². The van der Waals surface area contributed by atoms with Gasteiger partial charge in [-0.3, -0.25) is 0 Å². The number of fused-ring (bicyclic) bond motifs is 1. The van der Waals surface area contributed by atoms with Crippen molar-refractivity contribution in [3.8, 4) is 28.7 Å². The van der Waals surface area contributed by atoms with Crippen LogP contribution in [0.4, 0.5) is 0 Å². The lowest BCUT2D eigenvalue weighted by Gasteiger charge is -2.28. The molecule has 1 saturated heterocycles. The van der Waals surface area contributed by atoms with E-state index in [1.165, 1.54) is 10.5 Å². The maximum atomic E-state index is 6.08. The van der Waals surface area contributed by atoms with Gasteiger partial charge in [-0.25, -0.2) is 0 Å². The van der Waals surface area contributed by atoms with Crippen LogP contribution < -0.4 is 23.7 Å². The molecule has 0 spiro atoms. The Morgan fingerprint density at radius 2 is 1.60 bits per heavy atom. The molecule has 0 bridgehead atoms. The zero-order chi connectivity index (χ0) is 24.2. The fraction of sp³-hybridized carbons (Fsp3) is 0.357. The molecule has 1 fully saturated rings. The Balaban J connectivity index is 1.49. The van der Waals surface area contributed by atoms with Gasteiger partial charge in [-0.15, -0.1) is 11.8 Å². The molecule has 2 aliphatic heterocycles. The third kappa shape index (κ3) is 5.02. The second-order valence-corrected chi connectivity index (χ2v) is 9.88. The molecule has 3 aromatic rings. The maximum Gasteiger partial charge on any atom is 0.231 e. The molecule has 2 aliphatic rings. The molecule has 3 atom stereocenters. The van der Waals surface area contributed by atoms with Crippen LogP contribution in [0.25, 0.3) is 0 Å². The summed E-state index contributed by atoms with van der Waals surface area (Å²) >= 11 is 1.85. The lowest BCUT2D eigenvalue weighted by Crippen LogP contribution is -2.21. The molecule has 0 radical (unpaired) electrons. The minimum absolute atomic E-state index is 0.132. The molecule has 6 nitrogen and oxygen atoms in total. The number of hydrogen-bond donors (Lipinski definition) is 0. The van der Waals surface area contributed by atoms with E-state index in [-0.39, 0.29) is 18.0 Å². The minimum atomic E-state index is 0.132. The van der Waals surface area contributed by atoms with Crippen molar-refractivity contribution in [3.63, 3.8) is 0 Å². The van der Waals surface area contributed by atoms with Crippen molar-refractivity contribution in [2.45, 2.75) is 16.6 Å². The van der Waals surface area contributed by atoms with Crippen LogP contribution in [0.1, 0.15) is 16.4 Å². The number of rotatable bonds is 9. The summed E-state index contributed by atoms with van der Waals surface area (Å²) in [6.07, 6.45) is 0.900. The van der Waals surface area contributed by atoms with Gasteiger partial charge in [0.25, 0.3) is 0 Å². The first-order valence-corrected chi connectivity index (χ1v) is 12.6. The largest absolute Gasteiger partial charge is 0.493 e. The standard InChI is InChI=1S/C28H30O6S/c1-29-25-13-19(14-26(30-2)27(25)31-3)28(35-21-7-5-4-6-8-21)22-16-32-15-20(22)11-18-9-10-23-24(12-18)34-17-33-23/h4-10,12-14,20,22,28H,11,15-17H2,1-3H3/t20-,22-,28?/m1/s1. The summed E-state index contributed by atoms with van der Waals surface area (Å²) in [5.41, 5.74) is 2.35. The Kier molecular flexibility index (Phi) is 7.25. The molecule has 0 amide bonds. The molecule has 3 aromatic carbocycles. The molecule has 7 heteroatoms. The van der Waals surface area contributed by atoms with Gasteiger partial charge >= 0.3 is 0 Å². The summed E-state index contributed by atoms with van der Waals surface area (Å²) in [7, 11) is 4.94. The average molecular weight is 495 g/mol. The van der Waals surface area contributed by atoms with Crippen molar-refractivity contribution < 1.29 is 28.4 Å². The van der Waals surface area contributed by atoms with Crippen molar-refractivity contribution in [2.75, 3.05) is 41.3 Å². The van der Waals surface area contributed by atoms with E-state index >= 15 is 0 Å². The highest BCUT2D eigenvalue weighted by atomic mass is 32.2. The third-order valence-corrected chi connectivity index (χ3v) is 8.01. The summed E-state index contributed by atoms with van der Waals surface area (Å²) in [5, 5.41) is 0.132. The van der Waals surface area contributed by atoms with Gasteiger partial charge in [0.15, 0.2) is 23.0 Å². The molecule has 2 heterocycles. The molecule has 0 aromatic heterocycles. The fourth-order valence-corrected chi connectivity index (χ4v) is 6.20. The van der Waals surface area contributed by atoms with Gasteiger partial charge in [-0.2, -0.15) is 0 Å². The van der Waals surface area contributed by atoms with Gasteiger partial charge in [0, 0.05) is 16.1 Å². The van der Waals surface area contributed by atoms with Crippen LogP contribution in [0.2, 0.25) is 0 Å². The van der Waals surface area contributed by atoms with Crippen molar-refractivity contribution >= 4 is 11.8 Å². The summed E-state index contributed by atoms with van der Waals surface area (Å²) in [4.78, 5) is 1.21. The first-order chi connectivity index (χ1) is 17.2. The summed E-state index contributed by atoms with van der Waals surface area (Å²) in [5.74, 6) is 4.17. The number of ether oxygens (including phenoxy) is 6. The normalized spacial score (nSPS) is 19.4. The minimum Gasteiger partial charge on any atom is -0.493 e. The predicted octanol–water partition coefficient (Wildman–Crippen LogP) is 5.78. The Morgan fingerprint density at radius 3 is 2.31 bits per heavy atom. The highest BCUT2D eigenvalue weighted by Crippen LogP contribution is 2.50. The lowest BCUT2D eigenvalue weighted by atomic mass is 9.84. The molecular weight excluding hydrogens is 464 g/mol. The Bertz CT molecular complexity index is 1130. The van der Waals surface area contributed by atoms with Crippen LogP contribution in [0.5, 0.6) is 28.7 Å². The number of methoxy groups -OCH3 is 3. The van der Waals surface area contributed by atoms with E-state index in [0.29, 0.717) is 29.8 Å². The first kappa shape index (κ1) is 23.7. The average Bonchev–Trinajstić information content (AvgIpc) is 3.56. The van der Waals surface area contributed by atoms with Crippen LogP contribution in [-0.2, 0) is 11.2 Å². The summed E-state index contributed by atoms with van der Waals surface area (Å²) in [6, 6.07) is 20.8. The number of hydrogen-bond acceptors (Lipinski definition) is 7. The number of benzene rings is 3. The molecule has 0 N–H and O–H groups in total. The molecular formula is C28H30O6S. The van der Waals surface area contributed by atoms with Crippen LogP contribution in [-0.4, -0.2) is 41.3 Å². The van der Waals surface area contributed by atoms with E-state index < -0.39 is 0 Å². The third-order valence-electron chi connectivity index (χ3n) is 6.59. The quantitative estimate of drug-likeness (QED) is 0.350. The van der Waals surface area contributed by atoms with Crippen LogP contribution >= 0.6 is 11.8 Å². The van der Waals surface area contributed by atoms with Crippen molar-refractivity contribution in [2.24, 2.45) is 11.8 Å². The molecule has 184 valence electrons. The van der Waals surface area contributed by atoms with Gasteiger partial charge in [-0.05, 0) is 59.9 Å². The van der Waals surface area contributed by atoms with E-state index in [0.717, 1.165) is 30.1 Å². The second kappa shape index (κ2) is 10.7. The van der Waals surface area contributed by atoms with Crippen molar-refractivity contribution in [1.29, 1.82) is 0 Å². The molecule has 35 heavy (non-hydrogen) atoms. The van der Waals surface area contributed by atoms with E-state index in [9.17, 15) is 0 Å². The van der Waals surface area contributed by atoms with Crippen LogP contribution in [0.3, 0.4) is 0 Å². The van der Waals surface area contributed by atoms with Crippen LogP contribution in [0, 0.1) is 11.8 Å². The second-order valence-electron chi connectivity index (χ2n) is 8.66. The van der Waals surface area contributed by atoms with E-state index in [4.69, 9.17) is 28.4 Å². The monoisotopic (exact) mass is 494 g/mol. The summed E-state index contributed by atoms with van der Waals surface area (Å²) < 4.78 is 34.1. The van der Waals surface area contributed by atoms with Gasteiger partial charge in [0.1, 0.15) is 0 Å². The van der Waals surface area contributed by atoms with E-state index in [1.54, 1.807) is 21.3 Å². The van der Waals surface area contributed by atoms with Gasteiger partial charge < -0.3 is 28.4 Å². The Labute approximate surface area is 210 Å². The molecule has 0 aliphatic carbocycles. The smallest absolute Gasteiger partial charge is 0.231 e. The van der Waals surface area contributed by atoms with Gasteiger partial charge in [0.05, 0.1) is 34.5 Å². The SMILES string of the molecule is COc1cc(C(Sc2ccccc2)[C@@H]2COC[C@H]2Cc2ccc3c(c2)OCO3)cc(OC)c1OC. The fourth-order valence-electron chi connectivity index (χ4n) is 4.84. The van der Waals surface area contributed by atoms with Gasteiger partial charge in [-0.1, -0.05) is 24.3 Å². The van der Waals surface area contributed by atoms with Gasteiger partial charge in [0.2, 0.25) is 12.5 Å². The highest BCUT2D eigenvalue weighted by molar-refractivity contribution is 7.99. The first-order valence-electron chi connectivity index (χ1n) is 11.7. The predicted molar refractivity (Wildman–Crippen MR) is 135 cm³/mol. The zero-order valence-electron chi connectivity index (χ0n) is 20.2. The Hall–Kier alpha value is -3.03. The van der Waals surface area contributed by atoms with Crippen LogP contribution in [0.15, 0.2) is 65.6 Å². The maximum absolute atomic E-state index is 6.08. The van der Waals surface area contributed by atoms with Crippen molar-refractivity contribution in [1.82, 2.24) is 0 Å².